The van der Waals surface area contributed by atoms with Crippen molar-refractivity contribution in [1.29, 1.82) is 0 Å². The van der Waals surface area contributed by atoms with E-state index < -0.39 is 5.41 Å². The number of anilines is 1. The van der Waals surface area contributed by atoms with Gasteiger partial charge in [-0.15, -0.1) is 0 Å². The van der Waals surface area contributed by atoms with Crippen LogP contribution >= 0.6 is 0 Å². The number of hydrogen-bond acceptors (Lipinski definition) is 2. The Morgan fingerprint density at radius 2 is 1.20 bits per heavy atom. The normalized spacial score (nSPS) is 11.4. The second-order valence-corrected chi connectivity index (χ2v) is 6.04. The summed E-state index contributed by atoms with van der Waals surface area (Å²) in [6.45, 7) is 0. The Morgan fingerprint density at radius 3 is 1.68 bits per heavy atom. The number of nitrogen functional groups attached to an aromatic ring is 1. The van der Waals surface area contributed by atoms with Crippen molar-refractivity contribution >= 4 is 5.69 Å². The Bertz CT molecular complexity index is 888. The smallest absolute Gasteiger partial charge is 0.125 e. The first-order chi connectivity index (χ1) is 12.3. The van der Waals surface area contributed by atoms with Gasteiger partial charge in [-0.2, -0.15) is 0 Å². The van der Waals surface area contributed by atoms with Crippen LogP contribution in [-0.4, -0.2) is 9.97 Å². The highest BCUT2D eigenvalue weighted by Gasteiger charge is 2.40. The molecule has 0 saturated heterocycles. The van der Waals surface area contributed by atoms with Gasteiger partial charge in [0.2, 0.25) is 0 Å². The fraction of sp³-hybridized carbons (Fsp3) is 0.0455. The van der Waals surface area contributed by atoms with Crippen molar-refractivity contribution in [2.75, 3.05) is 5.73 Å². The van der Waals surface area contributed by atoms with Crippen molar-refractivity contribution in [1.82, 2.24) is 9.97 Å². The number of aromatic nitrogens is 2. The number of H-pyrrole nitrogens is 1. The third kappa shape index (κ3) is 2.50. The highest BCUT2D eigenvalue weighted by Crippen LogP contribution is 2.43. The van der Waals surface area contributed by atoms with Crippen molar-refractivity contribution in [3.8, 4) is 0 Å². The maximum atomic E-state index is 5.94. The summed E-state index contributed by atoms with van der Waals surface area (Å²) >= 11 is 0. The summed E-state index contributed by atoms with van der Waals surface area (Å²) in [6.07, 6.45) is 3.67. The third-order valence-corrected chi connectivity index (χ3v) is 4.61. The molecule has 0 amide bonds. The lowest BCUT2D eigenvalue weighted by atomic mass is 9.69. The van der Waals surface area contributed by atoms with E-state index in [4.69, 9.17) is 5.73 Å². The van der Waals surface area contributed by atoms with Gasteiger partial charge in [0.25, 0.3) is 0 Å². The fourth-order valence-corrected chi connectivity index (χ4v) is 3.49. The van der Waals surface area contributed by atoms with E-state index in [1.54, 1.807) is 6.20 Å². The number of rotatable bonds is 4. The van der Waals surface area contributed by atoms with Crippen molar-refractivity contribution in [2.24, 2.45) is 0 Å². The molecule has 0 aliphatic heterocycles. The topological polar surface area (TPSA) is 54.7 Å². The first kappa shape index (κ1) is 15.2. The van der Waals surface area contributed by atoms with E-state index in [1.165, 1.54) is 0 Å². The molecule has 0 aliphatic carbocycles. The van der Waals surface area contributed by atoms with Gasteiger partial charge in [0.1, 0.15) is 11.2 Å². The van der Waals surface area contributed by atoms with Crippen LogP contribution in [0.3, 0.4) is 0 Å². The molecule has 3 nitrogen and oxygen atoms in total. The molecule has 0 bridgehead atoms. The summed E-state index contributed by atoms with van der Waals surface area (Å²) in [6, 6.07) is 28.9. The highest BCUT2D eigenvalue weighted by molar-refractivity contribution is 5.58. The van der Waals surface area contributed by atoms with Crippen LogP contribution in [0.2, 0.25) is 0 Å². The van der Waals surface area contributed by atoms with Crippen LogP contribution in [0, 0.1) is 0 Å². The number of nitrogens with one attached hydrogen (secondary N) is 1. The van der Waals surface area contributed by atoms with Gasteiger partial charge in [-0.3, -0.25) is 0 Å². The lowest BCUT2D eigenvalue weighted by molar-refractivity contribution is 0.692. The van der Waals surface area contributed by atoms with E-state index in [1.807, 2.05) is 30.5 Å². The van der Waals surface area contributed by atoms with Gasteiger partial charge in [-0.25, -0.2) is 4.98 Å². The number of nitrogens with zero attached hydrogens (tertiary/aromatic N) is 1. The Balaban J connectivity index is 2.11. The molecule has 0 saturated carbocycles. The Kier molecular flexibility index (Phi) is 3.82. The van der Waals surface area contributed by atoms with E-state index in [0.717, 1.165) is 28.2 Å². The standard InChI is InChI=1S/C22H19N3/c23-20-13-11-19(12-14-20)22(21-24-15-16-25-21,17-7-3-1-4-8-17)18-9-5-2-6-10-18/h1-16H,23H2,(H,24,25). The van der Waals surface area contributed by atoms with Crippen LogP contribution in [0.4, 0.5) is 5.69 Å². The monoisotopic (exact) mass is 325 g/mol. The Hall–Kier alpha value is -3.33. The number of imidazole rings is 1. The summed E-state index contributed by atoms with van der Waals surface area (Å²) in [4.78, 5) is 8.00. The molecule has 25 heavy (non-hydrogen) atoms. The van der Waals surface area contributed by atoms with Gasteiger partial charge < -0.3 is 10.7 Å². The molecule has 122 valence electrons. The van der Waals surface area contributed by atoms with E-state index in [-0.39, 0.29) is 0 Å². The van der Waals surface area contributed by atoms with Crippen LogP contribution in [0.15, 0.2) is 97.3 Å². The summed E-state index contributed by atoms with van der Waals surface area (Å²) in [7, 11) is 0. The van der Waals surface area contributed by atoms with Gasteiger partial charge in [-0.1, -0.05) is 72.8 Å². The average molecular weight is 325 g/mol. The number of nitrogens with two attached hydrogens (primary N) is 1. The predicted octanol–water partition coefficient (Wildman–Crippen LogP) is 4.37. The zero-order chi connectivity index (χ0) is 17.1. The molecule has 0 unspecified atom stereocenters. The fourth-order valence-electron chi connectivity index (χ4n) is 3.49. The molecule has 0 atom stereocenters. The van der Waals surface area contributed by atoms with Gasteiger partial charge in [-0.05, 0) is 28.8 Å². The number of hydrogen-bond donors (Lipinski definition) is 2. The van der Waals surface area contributed by atoms with Crippen molar-refractivity contribution < 1.29 is 0 Å². The van der Waals surface area contributed by atoms with E-state index in [0.29, 0.717) is 0 Å². The first-order valence-corrected chi connectivity index (χ1v) is 8.29. The minimum atomic E-state index is -0.528. The van der Waals surface area contributed by atoms with Gasteiger partial charge in [0, 0.05) is 18.1 Å². The molecule has 3 heteroatoms. The van der Waals surface area contributed by atoms with Crippen LogP contribution in [-0.2, 0) is 5.41 Å². The number of aromatic amines is 1. The van der Waals surface area contributed by atoms with Crippen molar-refractivity contribution in [3.05, 3.63) is 120 Å². The van der Waals surface area contributed by atoms with Crippen LogP contribution < -0.4 is 5.73 Å². The molecule has 0 spiro atoms. The Labute approximate surface area is 147 Å². The molecule has 3 N–H and O–H groups in total. The second-order valence-electron chi connectivity index (χ2n) is 6.04. The summed E-state index contributed by atoms with van der Waals surface area (Å²) in [5.74, 6) is 0.884. The molecular formula is C22H19N3. The molecule has 0 fully saturated rings. The molecular weight excluding hydrogens is 306 g/mol. The molecule has 4 aromatic rings. The summed E-state index contributed by atoms with van der Waals surface area (Å²) in [5, 5.41) is 0. The van der Waals surface area contributed by atoms with E-state index in [9.17, 15) is 0 Å². The van der Waals surface area contributed by atoms with Crippen molar-refractivity contribution in [3.63, 3.8) is 0 Å². The SMILES string of the molecule is Nc1ccc(C(c2ccccc2)(c2ccccc2)c2ncc[nH]2)cc1. The number of benzene rings is 3. The minimum absolute atomic E-state index is 0.528. The summed E-state index contributed by atoms with van der Waals surface area (Å²) in [5.41, 5.74) is 9.59. The Morgan fingerprint density at radius 1 is 0.680 bits per heavy atom. The zero-order valence-electron chi connectivity index (χ0n) is 13.8. The lowest BCUT2D eigenvalue weighted by Crippen LogP contribution is -2.32. The first-order valence-electron chi connectivity index (χ1n) is 8.29. The van der Waals surface area contributed by atoms with E-state index in [2.05, 4.69) is 70.6 Å². The molecule has 0 aliphatic rings. The van der Waals surface area contributed by atoms with Gasteiger partial charge in [0.05, 0.1) is 0 Å². The predicted molar refractivity (Wildman–Crippen MR) is 101 cm³/mol. The molecule has 1 aromatic heterocycles. The van der Waals surface area contributed by atoms with Crippen molar-refractivity contribution in [2.45, 2.75) is 5.41 Å². The zero-order valence-corrected chi connectivity index (χ0v) is 13.8. The second kappa shape index (κ2) is 6.29. The molecule has 4 rings (SSSR count). The largest absolute Gasteiger partial charge is 0.399 e. The van der Waals surface area contributed by atoms with Gasteiger partial charge in [0.15, 0.2) is 0 Å². The molecule has 0 radical (unpaired) electrons. The maximum Gasteiger partial charge on any atom is 0.125 e. The average Bonchev–Trinajstić information content (AvgIpc) is 3.21. The van der Waals surface area contributed by atoms with E-state index >= 15 is 0 Å². The summed E-state index contributed by atoms with van der Waals surface area (Å²) < 4.78 is 0. The lowest BCUT2D eigenvalue weighted by Gasteiger charge is -2.34. The van der Waals surface area contributed by atoms with Crippen LogP contribution in [0.1, 0.15) is 22.5 Å². The van der Waals surface area contributed by atoms with Crippen LogP contribution in [0.25, 0.3) is 0 Å². The van der Waals surface area contributed by atoms with Gasteiger partial charge >= 0.3 is 0 Å². The molecule has 1 heterocycles. The quantitative estimate of drug-likeness (QED) is 0.432. The van der Waals surface area contributed by atoms with Crippen LogP contribution in [0.5, 0.6) is 0 Å². The highest BCUT2D eigenvalue weighted by atomic mass is 14.9. The molecule has 3 aromatic carbocycles. The minimum Gasteiger partial charge on any atom is -0.399 e. The maximum absolute atomic E-state index is 5.94. The third-order valence-electron chi connectivity index (χ3n) is 4.61.